The predicted octanol–water partition coefficient (Wildman–Crippen LogP) is 3.78. The summed E-state index contributed by atoms with van der Waals surface area (Å²) in [6.45, 7) is 2.09. The zero-order valence-corrected chi connectivity index (χ0v) is 9.62. The summed E-state index contributed by atoms with van der Waals surface area (Å²) in [5, 5.41) is 6.58. The molecule has 2 aromatic carbocycles. The number of nitrogens with one attached hydrogen (secondary N) is 2. The molecule has 0 amide bonds. The molecule has 0 atom stereocenters. The lowest BCUT2D eigenvalue weighted by molar-refractivity contribution is 1.41. The summed E-state index contributed by atoms with van der Waals surface area (Å²) in [7, 11) is 1.94. The van der Waals surface area contributed by atoms with Gasteiger partial charge in [-0.15, -0.1) is 0 Å². The minimum absolute atomic E-state index is 1.10. The summed E-state index contributed by atoms with van der Waals surface area (Å²) in [5.74, 6) is 0. The van der Waals surface area contributed by atoms with Gasteiger partial charge in [-0.25, -0.2) is 0 Å². The molecule has 0 spiro atoms. The van der Waals surface area contributed by atoms with Crippen LogP contribution in [0, 0.1) is 6.92 Å². The van der Waals surface area contributed by atoms with Crippen molar-refractivity contribution in [2.75, 3.05) is 17.7 Å². The number of rotatable bonds is 3. The quantitative estimate of drug-likeness (QED) is 0.809. The molecule has 0 radical (unpaired) electrons. The molecule has 16 heavy (non-hydrogen) atoms. The first-order valence-corrected chi connectivity index (χ1v) is 5.40. The Bertz CT molecular complexity index is 463. The van der Waals surface area contributed by atoms with Crippen molar-refractivity contribution >= 4 is 17.1 Å². The Morgan fingerprint density at radius 3 is 2.31 bits per heavy atom. The lowest BCUT2D eigenvalue weighted by Crippen LogP contribution is -1.97. The van der Waals surface area contributed by atoms with Crippen LogP contribution in [0.2, 0.25) is 0 Å². The monoisotopic (exact) mass is 212 g/mol. The fraction of sp³-hybridized carbons (Fsp3) is 0.143. The smallest absolute Gasteiger partial charge is 0.0620 e. The molecule has 0 saturated carbocycles. The van der Waals surface area contributed by atoms with Crippen LogP contribution in [0.5, 0.6) is 0 Å². The highest BCUT2D eigenvalue weighted by Crippen LogP contribution is 2.25. The van der Waals surface area contributed by atoms with Gasteiger partial charge in [0.25, 0.3) is 0 Å². The summed E-state index contributed by atoms with van der Waals surface area (Å²) in [6, 6.07) is 16.5. The van der Waals surface area contributed by atoms with E-state index in [0.29, 0.717) is 0 Å². The van der Waals surface area contributed by atoms with E-state index in [4.69, 9.17) is 0 Å². The molecule has 2 heteroatoms. The average molecular weight is 212 g/mol. The van der Waals surface area contributed by atoms with Gasteiger partial charge >= 0.3 is 0 Å². The largest absolute Gasteiger partial charge is 0.386 e. The molecule has 2 nitrogen and oxygen atoms in total. The number of anilines is 3. The summed E-state index contributed by atoms with van der Waals surface area (Å²) in [5.41, 5.74) is 4.56. The number of hydrogen-bond donors (Lipinski definition) is 2. The Balaban J connectivity index is 2.28. The second kappa shape index (κ2) is 4.71. The average Bonchev–Trinajstić information content (AvgIpc) is 2.33. The predicted molar refractivity (Wildman–Crippen MR) is 70.5 cm³/mol. The van der Waals surface area contributed by atoms with Crippen molar-refractivity contribution in [2.45, 2.75) is 6.92 Å². The van der Waals surface area contributed by atoms with Gasteiger partial charge in [0, 0.05) is 12.7 Å². The minimum Gasteiger partial charge on any atom is -0.386 e. The topological polar surface area (TPSA) is 24.1 Å². The SMILES string of the molecule is CNc1cc(C)ccc1Nc1ccccc1. The van der Waals surface area contributed by atoms with Gasteiger partial charge in [-0.1, -0.05) is 24.3 Å². The molecule has 0 heterocycles. The molecule has 2 rings (SSSR count). The maximum Gasteiger partial charge on any atom is 0.0620 e. The van der Waals surface area contributed by atoms with Gasteiger partial charge in [0.1, 0.15) is 0 Å². The summed E-state index contributed by atoms with van der Waals surface area (Å²) >= 11 is 0. The Labute approximate surface area is 96.3 Å². The van der Waals surface area contributed by atoms with Crippen molar-refractivity contribution in [1.82, 2.24) is 0 Å². The van der Waals surface area contributed by atoms with Gasteiger partial charge in [-0.3, -0.25) is 0 Å². The van der Waals surface area contributed by atoms with E-state index >= 15 is 0 Å². The second-order valence-corrected chi connectivity index (χ2v) is 3.79. The molecule has 0 unspecified atom stereocenters. The maximum absolute atomic E-state index is 3.39. The van der Waals surface area contributed by atoms with E-state index in [1.807, 2.05) is 25.2 Å². The van der Waals surface area contributed by atoms with Crippen LogP contribution < -0.4 is 10.6 Å². The maximum atomic E-state index is 3.39. The molecule has 0 saturated heterocycles. The molecule has 82 valence electrons. The lowest BCUT2D eigenvalue weighted by atomic mass is 10.2. The van der Waals surface area contributed by atoms with Crippen LogP contribution in [-0.4, -0.2) is 7.05 Å². The van der Waals surface area contributed by atoms with E-state index in [9.17, 15) is 0 Å². The second-order valence-electron chi connectivity index (χ2n) is 3.79. The van der Waals surface area contributed by atoms with E-state index < -0.39 is 0 Å². The number of para-hydroxylation sites is 1. The summed E-state index contributed by atoms with van der Waals surface area (Å²) < 4.78 is 0. The van der Waals surface area contributed by atoms with Crippen molar-refractivity contribution in [3.63, 3.8) is 0 Å². The zero-order valence-electron chi connectivity index (χ0n) is 9.62. The molecular formula is C14H16N2. The van der Waals surface area contributed by atoms with Crippen molar-refractivity contribution in [3.8, 4) is 0 Å². The molecule has 0 fully saturated rings. The molecule has 2 N–H and O–H groups in total. The summed E-state index contributed by atoms with van der Waals surface area (Å²) in [4.78, 5) is 0. The van der Waals surface area contributed by atoms with Gasteiger partial charge in [0.2, 0.25) is 0 Å². The zero-order chi connectivity index (χ0) is 11.4. The highest BCUT2D eigenvalue weighted by atomic mass is 14.9. The molecular weight excluding hydrogens is 196 g/mol. The van der Waals surface area contributed by atoms with Gasteiger partial charge < -0.3 is 10.6 Å². The van der Waals surface area contributed by atoms with E-state index in [2.05, 4.69) is 47.9 Å². The van der Waals surface area contributed by atoms with Gasteiger partial charge in [-0.2, -0.15) is 0 Å². The Hall–Kier alpha value is -1.96. The molecule has 0 aliphatic carbocycles. The number of hydrogen-bond acceptors (Lipinski definition) is 2. The first kappa shape index (κ1) is 10.6. The Morgan fingerprint density at radius 1 is 0.875 bits per heavy atom. The molecule has 0 bridgehead atoms. The van der Waals surface area contributed by atoms with E-state index in [0.717, 1.165) is 17.1 Å². The lowest BCUT2D eigenvalue weighted by Gasteiger charge is -2.12. The molecule has 0 aliphatic rings. The molecule has 0 aromatic heterocycles. The van der Waals surface area contributed by atoms with E-state index in [1.54, 1.807) is 0 Å². The van der Waals surface area contributed by atoms with Crippen LogP contribution in [0.1, 0.15) is 5.56 Å². The number of aryl methyl sites for hydroxylation is 1. The fourth-order valence-electron chi connectivity index (χ4n) is 1.65. The van der Waals surface area contributed by atoms with Crippen LogP contribution in [0.3, 0.4) is 0 Å². The van der Waals surface area contributed by atoms with Crippen LogP contribution >= 0.6 is 0 Å². The highest BCUT2D eigenvalue weighted by Gasteiger charge is 2.00. The third-order valence-electron chi connectivity index (χ3n) is 2.50. The Morgan fingerprint density at radius 2 is 1.62 bits per heavy atom. The van der Waals surface area contributed by atoms with E-state index in [-0.39, 0.29) is 0 Å². The molecule has 2 aromatic rings. The van der Waals surface area contributed by atoms with Gasteiger partial charge in [0.15, 0.2) is 0 Å². The normalized spacial score (nSPS) is 9.88. The Kier molecular flexibility index (Phi) is 3.10. The third-order valence-corrected chi connectivity index (χ3v) is 2.50. The van der Waals surface area contributed by atoms with Crippen molar-refractivity contribution in [3.05, 3.63) is 54.1 Å². The molecule has 0 aliphatic heterocycles. The first-order chi connectivity index (χ1) is 7.79. The fourth-order valence-corrected chi connectivity index (χ4v) is 1.65. The van der Waals surface area contributed by atoms with Crippen LogP contribution in [0.25, 0.3) is 0 Å². The van der Waals surface area contributed by atoms with Crippen LogP contribution in [-0.2, 0) is 0 Å². The third kappa shape index (κ3) is 2.34. The van der Waals surface area contributed by atoms with Gasteiger partial charge in [0.05, 0.1) is 11.4 Å². The van der Waals surface area contributed by atoms with Crippen molar-refractivity contribution < 1.29 is 0 Å². The van der Waals surface area contributed by atoms with E-state index in [1.165, 1.54) is 5.56 Å². The van der Waals surface area contributed by atoms with Crippen molar-refractivity contribution in [2.24, 2.45) is 0 Å². The first-order valence-electron chi connectivity index (χ1n) is 5.40. The standard InChI is InChI=1S/C14H16N2/c1-11-8-9-13(14(10-11)15-2)16-12-6-4-3-5-7-12/h3-10,15-16H,1-2H3. The number of benzene rings is 2. The van der Waals surface area contributed by atoms with Crippen LogP contribution in [0.15, 0.2) is 48.5 Å². The minimum atomic E-state index is 1.10. The highest BCUT2D eigenvalue weighted by molar-refractivity contribution is 5.74. The van der Waals surface area contributed by atoms with Gasteiger partial charge in [-0.05, 0) is 36.8 Å². The van der Waals surface area contributed by atoms with Crippen molar-refractivity contribution in [1.29, 1.82) is 0 Å². The van der Waals surface area contributed by atoms with Crippen LogP contribution in [0.4, 0.5) is 17.1 Å². The summed E-state index contributed by atoms with van der Waals surface area (Å²) in [6.07, 6.45) is 0.